The second-order valence-electron chi connectivity index (χ2n) is 8.18. The summed E-state index contributed by atoms with van der Waals surface area (Å²) < 4.78 is 44.5. The number of phenols is 1. The van der Waals surface area contributed by atoms with Crippen LogP contribution < -0.4 is 4.74 Å². The van der Waals surface area contributed by atoms with Gasteiger partial charge in [-0.25, -0.2) is 4.79 Å². The Morgan fingerprint density at radius 3 is 2.41 bits per heavy atom. The number of benzene rings is 1. The number of likely N-dealkylation sites (N-methyl/N-ethyl adjacent to an activating group) is 1. The lowest BCUT2D eigenvalue weighted by Gasteiger charge is -2.41. The molecule has 2 heterocycles. The van der Waals surface area contributed by atoms with Gasteiger partial charge in [-0.3, -0.25) is 9.69 Å². The highest BCUT2D eigenvalue weighted by molar-refractivity contribution is 6.41. The number of carbonyl (C=O) groups is 2. The largest absolute Gasteiger partial charge is 0.507 e. The summed E-state index contributed by atoms with van der Waals surface area (Å²) in [6, 6.07) is 1.87. The minimum absolute atomic E-state index is 0.0313. The number of aromatic carboxylic acids is 1. The number of hydrogen-bond donors (Lipinski definition) is 4. The van der Waals surface area contributed by atoms with Gasteiger partial charge >= 0.3 is 19.3 Å². The SMILES string of the molecule is CN1C[C@H](C(F)(F)F)C[C@@H]1C(=O)N1CC(Oc2ccc(CCB(O)O)c(O)c2C(=O)O)C1. The van der Waals surface area contributed by atoms with Crippen molar-refractivity contribution in [3.8, 4) is 11.5 Å². The number of halogens is 3. The standard InChI is InChI=1S/C19H24BF3N2O7/c1-24-7-11(19(21,22)23)6-13(24)17(27)25-8-12(9-25)32-14-3-2-10(4-5-20(30)31)16(26)15(14)18(28)29/h2-3,11-13,26,30-31H,4-9H2,1H3,(H,28,29)/t11-,13-/m1/s1. The van der Waals surface area contributed by atoms with Crippen LogP contribution in [0.4, 0.5) is 13.2 Å². The number of hydrogen-bond acceptors (Lipinski definition) is 7. The van der Waals surface area contributed by atoms with E-state index in [1.807, 2.05) is 0 Å². The number of amides is 1. The highest BCUT2D eigenvalue weighted by Crippen LogP contribution is 2.37. The van der Waals surface area contributed by atoms with E-state index in [0.29, 0.717) is 0 Å². The summed E-state index contributed by atoms with van der Waals surface area (Å²) in [4.78, 5) is 27.0. The first-order valence-corrected chi connectivity index (χ1v) is 10.0. The smallest absolute Gasteiger partial charge is 0.451 e. The van der Waals surface area contributed by atoms with Crippen molar-refractivity contribution >= 4 is 19.0 Å². The molecule has 2 saturated heterocycles. The Bertz CT molecular complexity index is 877. The van der Waals surface area contributed by atoms with Crippen LogP contribution in [0.5, 0.6) is 11.5 Å². The predicted octanol–water partition coefficient (Wildman–Crippen LogP) is 0.578. The van der Waals surface area contributed by atoms with Gasteiger partial charge in [-0.1, -0.05) is 6.07 Å². The van der Waals surface area contributed by atoms with Crippen LogP contribution in [0.2, 0.25) is 6.32 Å². The molecule has 2 atom stereocenters. The van der Waals surface area contributed by atoms with Crippen molar-refractivity contribution in [2.45, 2.75) is 37.5 Å². The number of aryl methyl sites for hydroxylation is 1. The summed E-state index contributed by atoms with van der Waals surface area (Å²) in [6.45, 7) is -0.0785. The molecule has 13 heteroatoms. The number of ether oxygens (including phenoxy) is 1. The number of alkyl halides is 3. The monoisotopic (exact) mass is 460 g/mol. The zero-order valence-corrected chi connectivity index (χ0v) is 17.2. The molecule has 0 saturated carbocycles. The van der Waals surface area contributed by atoms with Crippen LogP contribution in [-0.4, -0.2) is 94.1 Å². The second-order valence-corrected chi connectivity index (χ2v) is 8.18. The Balaban J connectivity index is 1.62. The Morgan fingerprint density at radius 2 is 1.88 bits per heavy atom. The first-order valence-electron chi connectivity index (χ1n) is 10.0. The quantitative estimate of drug-likeness (QED) is 0.435. The average molecular weight is 460 g/mol. The van der Waals surface area contributed by atoms with Crippen molar-refractivity contribution in [3.63, 3.8) is 0 Å². The molecule has 0 radical (unpaired) electrons. The molecule has 1 aromatic carbocycles. The number of rotatable bonds is 7. The molecule has 32 heavy (non-hydrogen) atoms. The van der Waals surface area contributed by atoms with Crippen molar-refractivity contribution in [2.24, 2.45) is 5.92 Å². The normalized spacial score (nSPS) is 22.0. The molecule has 9 nitrogen and oxygen atoms in total. The second kappa shape index (κ2) is 9.16. The van der Waals surface area contributed by atoms with Gasteiger partial charge in [-0.2, -0.15) is 13.2 Å². The maximum Gasteiger partial charge on any atom is 0.451 e. The molecular formula is C19H24BF3N2O7. The molecule has 0 aromatic heterocycles. The third-order valence-corrected chi connectivity index (χ3v) is 5.86. The molecule has 3 rings (SSSR count). The first-order chi connectivity index (χ1) is 14.9. The van der Waals surface area contributed by atoms with Crippen LogP contribution in [0.15, 0.2) is 12.1 Å². The molecule has 2 aliphatic rings. The van der Waals surface area contributed by atoms with Crippen LogP contribution in [0.25, 0.3) is 0 Å². The van der Waals surface area contributed by atoms with Gasteiger partial charge in [0.2, 0.25) is 5.91 Å². The van der Waals surface area contributed by atoms with Gasteiger partial charge in [0.1, 0.15) is 23.2 Å². The molecule has 0 aliphatic carbocycles. The van der Waals surface area contributed by atoms with Crippen molar-refractivity contribution in [2.75, 3.05) is 26.7 Å². The topological polar surface area (TPSA) is 131 Å². The van der Waals surface area contributed by atoms with Crippen LogP contribution >= 0.6 is 0 Å². The van der Waals surface area contributed by atoms with Gasteiger partial charge in [-0.05, 0) is 37.8 Å². The third-order valence-electron chi connectivity index (χ3n) is 5.86. The summed E-state index contributed by atoms with van der Waals surface area (Å²) in [5, 5.41) is 37.6. The fourth-order valence-corrected chi connectivity index (χ4v) is 4.02. The Morgan fingerprint density at radius 1 is 1.22 bits per heavy atom. The summed E-state index contributed by atoms with van der Waals surface area (Å²) in [5.74, 6) is -4.09. The minimum Gasteiger partial charge on any atom is -0.507 e. The van der Waals surface area contributed by atoms with E-state index in [4.69, 9.17) is 14.8 Å². The highest BCUT2D eigenvalue weighted by atomic mass is 19.4. The van der Waals surface area contributed by atoms with E-state index in [9.17, 15) is 33.0 Å². The van der Waals surface area contributed by atoms with E-state index in [0.717, 1.165) is 0 Å². The molecule has 1 aromatic rings. The fraction of sp³-hybridized carbons (Fsp3) is 0.579. The molecule has 4 N–H and O–H groups in total. The zero-order valence-electron chi connectivity index (χ0n) is 17.2. The van der Waals surface area contributed by atoms with Crippen molar-refractivity contribution in [3.05, 3.63) is 23.3 Å². The van der Waals surface area contributed by atoms with E-state index >= 15 is 0 Å². The first kappa shape index (κ1) is 24.1. The van der Waals surface area contributed by atoms with Crippen LogP contribution in [-0.2, 0) is 11.2 Å². The van der Waals surface area contributed by atoms with Crippen LogP contribution in [0, 0.1) is 5.92 Å². The number of carboxylic acid groups (broad SMARTS) is 1. The average Bonchev–Trinajstić information content (AvgIpc) is 3.04. The number of aromatic hydroxyl groups is 1. The van der Waals surface area contributed by atoms with E-state index < -0.39 is 54.5 Å². The molecule has 2 aliphatic heterocycles. The Labute approximate surface area is 182 Å². The molecular weight excluding hydrogens is 436 g/mol. The maximum absolute atomic E-state index is 13.0. The Kier molecular flexibility index (Phi) is 6.91. The zero-order chi connectivity index (χ0) is 23.8. The van der Waals surface area contributed by atoms with Crippen molar-refractivity contribution < 1.29 is 47.8 Å². The van der Waals surface area contributed by atoms with Gasteiger partial charge in [0.05, 0.1) is 25.0 Å². The lowest BCUT2D eigenvalue weighted by atomic mass is 9.82. The van der Waals surface area contributed by atoms with E-state index in [1.54, 1.807) is 0 Å². The Hall–Kier alpha value is -2.51. The number of likely N-dealkylation sites (tertiary alicyclic amines) is 2. The van der Waals surface area contributed by atoms with Crippen molar-refractivity contribution in [1.29, 1.82) is 0 Å². The molecule has 0 spiro atoms. The highest BCUT2D eigenvalue weighted by Gasteiger charge is 2.50. The summed E-state index contributed by atoms with van der Waals surface area (Å²) in [5.41, 5.74) is -0.278. The predicted molar refractivity (Wildman–Crippen MR) is 105 cm³/mol. The molecule has 0 unspecified atom stereocenters. The van der Waals surface area contributed by atoms with Gasteiger partial charge < -0.3 is 29.9 Å². The van der Waals surface area contributed by atoms with Crippen LogP contribution in [0.1, 0.15) is 22.3 Å². The molecule has 176 valence electrons. The minimum atomic E-state index is -4.36. The van der Waals surface area contributed by atoms with Gasteiger partial charge in [0.25, 0.3) is 0 Å². The molecule has 1 amide bonds. The third kappa shape index (κ3) is 5.10. The van der Waals surface area contributed by atoms with Crippen LogP contribution in [0.3, 0.4) is 0 Å². The number of carbonyl (C=O) groups excluding carboxylic acids is 1. The number of carboxylic acids is 1. The van der Waals surface area contributed by atoms with Gasteiger partial charge in [-0.15, -0.1) is 0 Å². The van der Waals surface area contributed by atoms with E-state index in [2.05, 4.69) is 0 Å². The fourth-order valence-electron chi connectivity index (χ4n) is 4.02. The van der Waals surface area contributed by atoms with E-state index in [1.165, 1.54) is 29.0 Å². The van der Waals surface area contributed by atoms with Gasteiger partial charge in [0, 0.05) is 6.54 Å². The summed E-state index contributed by atoms with van der Waals surface area (Å²) >= 11 is 0. The summed E-state index contributed by atoms with van der Waals surface area (Å²) in [6.07, 6.45) is -5.31. The molecule has 0 bridgehead atoms. The van der Waals surface area contributed by atoms with Gasteiger partial charge in [0.15, 0.2) is 0 Å². The van der Waals surface area contributed by atoms with Crippen molar-refractivity contribution in [1.82, 2.24) is 9.80 Å². The van der Waals surface area contributed by atoms with E-state index in [-0.39, 0.29) is 50.1 Å². The lowest BCUT2D eigenvalue weighted by Crippen LogP contribution is -2.59. The maximum atomic E-state index is 13.0. The number of nitrogens with zero attached hydrogens (tertiary/aromatic N) is 2. The molecule has 2 fully saturated rings. The lowest BCUT2D eigenvalue weighted by molar-refractivity contribution is -0.170. The summed E-state index contributed by atoms with van der Waals surface area (Å²) in [7, 11) is -0.135.